The summed E-state index contributed by atoms with van der Waals surface area (Å²) in [5, 5.41) is 3.09. The highest BCUT2D eigenvalue weighted by atomic mass is 35.5. The van der Waals surface area contributed by atoms with Crippen LogP contribution < -0.4 is 5.32 Å². The zero-order valence-electron chi connectivity index (χ0n) is 6.29. The maximum Gasteiger partial charge on any atom is 0.222 e. The van der Waals surface area contributed by atoms with E-state index in [9.17, 15) is 0 Å². The number of nitrogens with zero attached hydrogens (tertiary/aromatic N) is 2. The van der Waals surface area contributed by atoms with E-state index in [2.05, 4.69) is 15.3 Å². The second kappa shape index (κ2) is 4.13. The molecule has 0 aliphatic heterocycles. The summed E-state index contributed by atoms with van der Waals surface area (Å²) >= 11 is 5.71. The monoisotopic (exact) mass is 171 g/mol. The second-order valence-electron chi connectivity index (χ2n) is 2.23. The Kier molecular flexibility index (Phi) is 3.11. The third kappa shape index (κ3) is 3.18. The van der Waals surface area contributed by atoms with Gasteiger partial charge in [-0.2, -0.15) is 0 Å². The molecule has 60 valence electrons. The number of nitrogens with one attached hydrogen (secondary N) is 1. The zero-order chi connectivity index (χ0) is 8.10. The molecule has 1 atom stereocenters. The minimum Gasteiger partial charge on any atom is -0.353 e. The predicted octanol–water partition coefficient (Wildman–Crippen LogP) is 1.52. The van der Waals surface area contributed by atoms with Crippen LogP contribution in [0.3, 0.4) is 0 Å². The van der Waals surface area contributed by atoms with Gasteiger partial charge in [-0.1, -0.05) is 0 Å². The number of halogens is 1. The van der Waals surface area contributed by atoms with Crippen molar-refractivity contribution in [3.05, 3.63) is 18.5 Å². The van der Waals surface area contributed by atoms with E-state index in [0.717, 1.165) is 0 Å². The lowest BCUT2D eigenvalue weighted by molar-refractivity contribution is 0.960. The van der Waals surface area contributed by atoms with Gasteiger partial charge in [0.15, 0.2) is 0 Å². The number of rotatable bonds is 3. The second-order valence-corrected chi connectivity index (χ2v) is 2.98. The number of alkyl halides is 1. The van der Waals surface area contributed by atoms with Gasteiger partial charge in [0.05, 0.1) is 0 Å². The lowest BCUT2D eigenvalue weighted by Gasteiger charge is -2.03. The van der Waals surface area contributed by atoms with E-state index in [1.807, 2.05) is 6.92 Å². The SMILES string of the molecule is CC(Cl)CNc1ncccn1. The quantitative estimate of drug-likeness (QED) is 0.701. The lowest BCUT2D eigenvalue weighted by atomic mass is 10.5. The normalized spacial score (nSPS) is 12.5. The van der Waals surface area contributed by atoms with E-state index in [1.165, 1.54) is 0 Å². The summed E-state index contributed by atoms with van der Waals surface area (Å²) in [7, 11) is 0. The average molecular weight is 172 g/mol. The zero-order valence-corrected chi connectivity index (χ0v) is 7.04. The van der Waals surface area contributed by atoms with Crippen LogP contribution in [0.4, 0.5) is 5.95 Å². The Hall–Kier alpha value is -0.830. The van der Waals surface area contributed by atoms with Gasteiger partial charge in [-0.15, -0.1) is 11.6 Å². The molecule has 11 heavy (non-hydrogen) atoms. The maximum absolute atomic E-state index is 5.71. The molecule has 3 nitrogen and oxygen atoms in total. The van der Waals surface area contributed by atoms with Gasteiger partial charge in [-0.25, -0.2) is 9.97 Å². The third-order valence-electron chi connectivity index (χ3n) is 1.11. The first-order chi connectivity index (χ1) is 5.29. The molecule has 0 fully saturated rings. The fraction of sp³-hybridized carbons (Fsp3) is 0.429. The van der Waals surface area contributed by atoms with Gasteiger partial charge >= 0.3 is 0 Å². The van der Waals surface area contributed by atoms with Gasteiger partial charge in [0.25, 0.3) is 0 Å². The highest BCUT2D eigenvalue weighted by Gasteiger charge is 1.96. The van der Waals surface area contributed by atoms with Crippen molar-refractivity contribution in [1.82, 2.24) is 9.97 Å². The Morgan fingerprint density at radius 3 is 2.73 bits per heavy atom. The van der Waals surface area contributed by atoms with Crippen LogP contribution >= 0.6 is 11.6 Å². The minimum atomic E-state index is 0.0961. The Balaban J connectivity index is 2.39. The van der Waals surface area contributed by atoms with E-state index in [-0.39, 0.29) is 5.38 Å². The minimum absolute atomic E-state index is 0.0961. The molecule has 0 saturated heterocycles. The van der Waals surface area contributed by atoms with Crippen molar-refractivity contribution in [3.63, 3.8) is 0 Å². The Bertz CT molecular complexity index is 200. The first kappa shape index (κ1) is 8.27. The van der Waals surface area contributed by atoms with Crippen LogP contribution in [0.25, 0.3) is 0 Å². The Morgan fingerprint density at radius 1 is 1.55 bits per heavy atom. The van der Waals surface area contributed by atoms with Crippen molar-refractivity contribution in [2.75, 3.05) is 11.9 Å². The van der Waals surface area contributed by atoms with Gasteiger partial charge in [-0.3, -0.25) is 0 Å². The van der Waals surface area contributed by atoms with Gasteiger partial charge in [-0.05, 0) is 13.0 Å². The molecule has 0 aliphatic carbocycles. The van der Waals surface area contributed by atoms with E-state index >= 15 is 0 Å². The van der Waals surface area contributed by atoms with Gasteiger partial charge in [0.1, 0.15) is 0 Å². The van der Waals surface area contributed by atoms with Gasteiger partial charge < -0.3 is 5.32 Å². The highest BCUT2D eigenvalue weighted by molar-refractivity contribution is 6.20. The fourth-order valence-electron chi connectivity index (χ4n) is 0.622. The fourth-order valence-corrected chi connectivity index (χ4v) is 0.699. The molecule has 0 radical (unpaired) electrons. The summed E-state index contributed by atoms with van der Waals surface area (Å²) in [6, 6.07) is 1.77. The van der Waals surface area contributed by atoms with Crippen LogP contribution in [0.1, 0.15) is 6.92 Å². The number of aromatic nitrogens is 2. The Morgan fingerprint density at radius 2 is 2.18 bits per heavy atom. The van der Waals surface area contributed by atoms with Crippen molar-refractivity contribution >= 4 is 17.5 Å². The molecule has 0 bridgehead atoms. The van der Waals surface area contributed by atoms with Gasteiger partial charge in [0, 0.05) is 24.3 Å². The molecule has 1 heterocycles. The highest BCUT2D eigenvalue weighted by Crippen LogP contribution is 1.97. The predicted molar refractivity (Wildman–Crippen MR) is 45.8 cm³/mol. The summed E-state index contributed by atoms with van der Waals surface area (Å²) in [5.41, 5.74) is 0. The van der Waals surface area contributed by atoms with Crippen LogP contribution in [0.15, 0.2) is 18.5 Å². The lowest BCUT2D eigenvalue weighted by Crippen LogP contribution is -2.12. The number of hydrogen-bond donors (Lipinski definition) is 1. The molecule has 0 aromatic carbocycles. The topological polar surface area (TPSA) is 37.8 Å². The molecule has 1 N–H and O–H groups in total. The summed E-state index contributed by atoms with van der Waals surface area (Å²) in [5.74, 6) is 0.625. The largest absolute Gasteiger partial charge is 0.353 e. The third-order valence-corrected chi connectivity index (χ3v) is 1.26. The maximum atomic E-state index is 5.71. The van der Waals surface area contributed by atoms with Gasteiger partial charge in [0.2, 0.25) is 5.95 Å². The van der Waals surface area contributed by atoms with E-state index in [0.29, 0.717) is 12.5 Å². The van der Waals surface area contributed by atoms with Crippen LogP contribution in [0, 0.1) is 0 Å². The standard InChI is InChI=1S/C7H10ClN3/c1-6(8)5-11-7-9-3-2-4-10-7/h2-4,6H,5H2,1H3,(H,9,10,11). The average Bonchev–Trinajstić information content (AvgIpc) is 2.03. The van der Waals surface area contributed by atoms with Crippen molar-refractivity contribution < 1.29 is 0 Å². The number of hydrogen-bond acceptors (Lipinski definition) is 3. The van der Waals surface area contributed by atoms with E-state index in [4.69, 9.17) is 11.6 Å². The summed E-state index contributed by atoms with van der Waals surface area (Å²) in [6.07, 6.45) is 3.38. The molecule has 4 heteroatoms. The summed E-state index contributed by atoms with van der Waals surface area (Å²) in [4.78, 5) is 7.94. The molecule has 0 aliphatic rings. The molecule has 1 aromatic rings. The Labute approximate surface area is 70.8 Å². The smallest absolute Gasteiger partial charge is 0.222 e. The van der Waals surface area contributed by atoms with Crippen LogP contribution in [0.5, 0.6) is 0 Å². The number of anilines is 1. The van der Waals surface area contributed by atoms with E-state index < -0.39 is 0 Å². The molecule has 0 spiro atoms. The van der Waals surface area contributed by atoms with Crippen molar-refractivity contribution in [2.45, 2.75) is 12.3 Å². The molecule has 1 unspecified atom stereocenters. The van der Waals surface area contributed by atoms with Crippen LogP contribution in [0.2, 0.25) is 0 Å². The van der Waals surface area contributed by atoms with Crippen molar-refractivity contribution in [1.29, 1.82) is 0 Å². The molecule has 1 rings (SSSR count). The molecular weight excluding hydrogens is 162 g/mol. The first-order valence-corrected chi connectivity index (χ1v) is 3.87. The van der Waals surface area contributed by atoms with Crippen molar-refractivity contribution in [2.24, 2.45) is 0 Å². The molecule has 0 saturated carbocycles. The van der Waals surface area contributed by atoms with Crippen molar-refractivity contribution in [3.8, 4) is 0 Å². The molecule has 0 amide bonds. The summed E-state index contributed by atoms with van der Waals surface area (Å²) in [6.45, 7) is 2.60. The van der Waals surface area contributed by atoms with E-state index in [1.54, 1.807) is 18.5 Å². The molecular formula is C7H10ClN3. The molecule has 1 aromatic heterocycles. The van der Waals surface area contributed by atoms with Crippen LogP contribution in [-0.4, -0.2) is 21.9 Å². The summed E-state index contributed by atoms with van der Waals surface area (Å²) < 4.78 is 0. The first-order valence-electron chi connectivity index (χ1n) is 3.44. The van der Waals surface area contributed by atoms with Crippen LogP contribution in [-0.2, 0) is 0 Å².